The number of benzene rings is 2. The maximum absolute atomic E-state index is 13.0. The van der Waals surface area contributed by atoms with Crippen molar-refractivity contribution in [2.75, 3.05) is 7.11 Å². The molecule has 3 rings (SSSR count). The van der Waals surface area contributed by atoms with Crippen molar-refractivity contribution in [2.45, 2.75) is 26.9 Å². The molecule has 0 spiro atoms. The second-order valence-corrected chi connectivity index (χ2v) is 6.29. The highest BCUT2D eigenvalue weighted by Crippen LogP contribution is 2.24. The highest BCUT2D eigenvalue weighted by Gasteiger charge is 2.23. The van der Waals surface area contributed by atoms with E-state index in [1.807, 2.05) is 44.2 Å². The van der Waals surface area contributed by atoms with E-state index in [4.69, 9.17) is 9.47 Å². The molecule has 0 bridgehead atoms. The molecule has 5 nitrogen and oxygen atoms in total. The van der Waals surface area contributed by atoms with Gasteiger partial charge in [0.1, 0.15) is 5.75 Å². The van der Waals surface area contributed by atoms with E-state index in [0.29, 0.717) is 22.2 Å². The zero-order valence-corrected chi connectivity index (χ0v) is 15.3. The summed E-state index contributed by atoms with van der Waals surface area (Å²) >= 11 is 0. The third-order valence-electron chi connectivity index (χ3n) is 4.35. The molecule has 0 aliphatic rings. The van der Waals surface area contributed by atoms with E-state index < -0.39 is 12.1 Å². The molecule has 0 saturated carbocycles. The minimum absolute atomic E-state index is 0.253. The summed E-state index contributed by atoms with van der Waals surface area (Å²) in [5.41, 5.74) is 3.03. The molecule has 1 atom stereocenters. The maximum Gasteiger partial charge on any atom is 0.340 e. The van der Waals surface area contributed by atoms with E-state index in [1.165, 1.54) is 17.9 Å². The van der Waals surface area contributed by atoms with Crippen LogP contribution in [0.5, 0.6) is 5.75 Å². The van der Waals surface area contributed by atoms with Crippen molar-refractivity contribution in [3.8, 4) is 5.75 Å². The lowest BCUT2D eigenvalue weighted by molar-refractivity contribution is 0.0602. The van der Waals surface area contributed by atoms with Gasteiger partial charge in [-0.15, -0.1) is 0 Å². The van der Waals surface area contributed by atoms with Crippen LogP contribution in [0.3, 0.4) is 0 Å². The molecule has 0 N–H and O–H groups in total. The zero-order valence-electron chi connectivity index (χ0n) is 15.3. The van der Waals surface area contributed by atoms with Crippen molar-refractivity contribution in [1.29, 1.82) is 0 Å². The minimum atomic E-state index is -0.711. The van der Waals surface area contributed by atoms with E-state index in [9.17, 15) is 9.59 Å². The average Bonchev–Trinajstić information content (AvgIpc) is 3.03. The number of hydrogen-bond donors (Lipinski definition) is 0. The van der Waals surface area contributed by atoms with E-state index in [2.05, 4.69) is 0 Å². The van der Waals surface area contributed by atoms with Crippen LogP contribution in [0.4, 0.5) is 0 Å². The Labute approximate surface area is 152 Å². The van der Waals surface area contributed by atoms with Crippen LogP contribution in [0.25, 0.3) is 10.9 Å². The lowest BCUT2D eigenvalue weighted by Crippen LogP contribution is -2.29. The lowest BCUT2D eigenvalue weighted by Gasteiger charge is -2.16. The number of methoxy groups -OCH3 is 1. The number of fused-ring (bicyclic) bond motifs is 1. The second-order valence-electron chi connectivity index (χ2n) is 6.29. The molecule has 0 unspecified atom stereocenters. The Morgan fingerprint density at radius 2 is 1.81 bits per heavy atom. The topological polar surface area (TPSA) is 57.5 Å². The largest absolute Gasteiger partial charge is 0.481 e. The van der Waals surface area contributed by atoms with Crippen molar-refractivity contribution < 1.29 is 19.1 Å². The van der Waals surface area contributed by atoms with E-state index in [-0.39, 0.29) is 5.91 Å². The summed E-state index contributed by atoms with van der Waals surface area (Å²) in [6.07, 6.45) is 0.804. The number of hydrogen-bond acceptors (Lipinski definition) is 4. The van der Waals surface area contributed by atoms with Gasteiger partial charge < -0.3 is 9.47 Å². The summed E-state index contributed by atoms with van der Waals surface area (Å²) in [5, 5.41) is 0.673. The van der Waals surface area contributed by atoms with Crippen molar-refractivity contribution in [1.82, 2.24) is 4.57 Å². The van der Waals surface area contributed by atoms with Crippen molar-refractivity contribution >= 4 is 22.8 Å². The molecule has 1 aromatic heterocycles. The Kier molecular flexibility index (Phi) is 4.80. The van der Waals surface area contributed by atoms with Gasteiger partial charge in [0.05, 0.1) is 18.2 Å². The van der Waals surface area contributed by atoms with Gasteiger partial charge in [0.25, 0.3) is 5.91 Å². The summed E-state index contributed by atoms with van der Waals surface area (Å²) < 4.78 is 12.2. The Balaban J connectivity index is 1.97. The van der Waals surface area contributed by atoms with Crippen LogP contribution in [0, 0.1) is 13.8 Å². The first kappa shape index (κ1) is 17.7. The second kappa shape index (κ2) is 7.04. The van der Waals surface area contributed by atoms with Crippen LogP contribution in [-0.2, 0) is 4.74 Å². The lowest BCUT2D eigenvalue weighted by atomic mass is 10.1. The number of aryl methyl sites for hydroxylation is 2. The van der Waals surface area contributed by atoms with E-state index >= 15 is 0 Å². The minimum Gasteiger partial charge on any atom is -0.481 e. The molecule has 0 aliphatic carbocycles. The van der Waals surface area contributed by atoms with Crippen molar-refractivity contribution in [3.63, 3.8) is 0 Å². The van der Waals surface area contributed by atoms with Crippen LogP contribution in [0.15, 0.2) is 48.7 Å². The first-order valence-corrected chi connectivity index (χ1v) is 8.39. The van der Waals surface area contributed by atoms with Gasteiger partial charge in [0, 0.05) is 11.6 Å². The highest BCUT2D eigenvalue weighted by molar-refractivity contribution is 6.07. The molecule has 26 heavy (non-hydrogen) atoms. The van der Waals surface area contributed by atoms with Crippen LogP contribution >= 0.6 is 0 Å². The Hall–Kier alpha value is -3.08. The summed E-state index contributed by atoms with van der Waals surface area (Å²) in [6, 6.07) is 13.1. The maximum atomic E-state index is 13.0. The van der Waals surface area contributed by atoms with Crippen LogP contribution in [0.1, 0.15) is 33.2 Å². The number of aromatic nitrogens is 1. The highest BCUT2D eigenvalue weighted by atomic mass is 16.5. The number of ether oxygens (including phenoxy) is 2. The third-order valence-corrected chi connectivity index (χ3v) is 4.35. The first-order chi connectivity index (χ1) is 12.4. The molecular formula is C21H21NO4. The zero-order chi connectivity index (χ0) is 18.8. The van der Waals surface area contributed by atoms with Gasteiger partial charge in [-0.1, -0.05) is 30.3 Å². The van der Waals surface area contributed by atoms with Crippen LogP contribution in [-0.4, -0.2) is 29.7 Å². The van der Waals surface area contributed by atoms with Gasteiger partial charge in [0.15, 0.2) is 6.10 Å². The Morgan fingerprint density at radius 3 is 2.54 bits per heavy atom. The molecule has 3 aromatic rings. The number of carbonyl (C=O) groups is 2. The molecule has 134 valence electrons. The summed E-state index contributed by atoms with van der Waals surface area (Å²) in [5.74, 6) is -0.0522. The monoisotopic (exact) mass is 351 g/mol. The molecule has 0 fully saturated rings. The molecule has 2 aromatic carbocycles. The first-order valence-electron chi connectivity index (χ1n) is 8.39. The molecule has 0 amide bonds. The predicted octanol–water partition coefficient (Wildman–Crippen LogP) is 4.15. The van der Waals surface area contributed by atoms with Gasteiger partial charge in [0.2, 0.25) is 0 Å². The molecule has 1 heterocycles. The fraction of sp³-hybridized carbons (Fsp3) is 0.238. The summed E-state index contributed by atoms with van der Waals surface area (Å²) in [7, 11) is 1.32. The average molecular weight is 351 g/mol. The Bertz CT molecular complexity index is 987. The Morgan fingerprint density at radius 1 is 1.08 bits per heavy atom. The van der Waals surface area contributed by atoms with Gasteiger partial charge in [-0.3, -0.25) is 9.36 Å². The fourth-order valence-electron chi connectivity index (χ4n) is 2.91. The normalized spacial score (nSPS) is 12.0. The molecule has 5 heteroatoms. The fourth-order valence-corrected chi connectivity index (χ4v) is 2.91. The van der Waals surface area contributed by atoms with E-state index in [0.717, 1.165) is 11.1 Å². The van der Waals surface area contributed by atoms with E-state index in [1.54, 1.807) is 19.1 Å². The molecule has 0 radical (unpaired) electrons. The molecular weight excluding hydrogens is 330 g/mol. The number of esters is 1. The number of rotatable bonds is 4. The van der Waals surface area contributed by atoms with Crippen molar-refractivity contribution in [2.24, 2.45) is 0 Å². The van der Waals surface area contributed by atoms with Gasteiger partial charge >= 0.3 is 5.97 Å². The number of nitrogens with zero attached hydrogens (tertiary/aromatic N) is 1. The van der Waals surface area contributed by atoms with Gasteiger partial charge in [-0.05, 0) is 44.0 Å². The number of para-hydroxylation sites is 1. The quantitative estimate of drug-likeness (QED) is 0.663. The van der Waals surface area contributed by atoms with Crippen molar-refractivity contribution in [3.05, 3.63) is 65.4 Å². The standard InChI is InChI=1S/C21H21NO4/c1-13-9-10-14(2)19(11-13)26-15(3)20(23)22-12-17(21(24)25-4)16-7-5-6-8-18(16)22/h5-12,15H,1-4H3/t15-/m0/s1. The van der Waals surface area contributed by atoms with Crippen LogP contribution in [0.2, 0.25) is 0 Å². The van der Waals surface area contributed by atoms with Crippen LogP contribution < -0.4 is 4.74 Å². The van der Waals surface area contributed by atoms with Gasteiger partial charge in [-0.25, -0.2) is 4.79 Å². The predicted molar refractivity (Wildman–Crippen MR) is 99.9 cm³/mol. The molecule has 0 saturated heterocycles. The third kappa shape index (κ3) is 3.20. The summed E-state index contributed by atoms with van der Waals surface area (Å²) in [6.45, 7) is 5.62. The SMILES string of the molecule is COC(=O)c1cn(C(=O)[C@H](C)Oc2cc(C)ccc2C)c2ccccc12. The van der Waals surface area contributed by atoms with Gasteiger partial charge in [-0.2, -0.15) is 0 Å². The number of carbonyl (C=O) groups excluding carboxylic acids is 2. The molecule has 0 aliphatic heterocycles. The summed E-state index contributed by atoms with van der Waals surface area (Å²) in [4.78, 5) is 25.0. The smallest absolute Gasteiger partial charge is 0.340 e.